The molecule has 0 radical (unpaired) electrons. The molecular weight excluding hydrogens is 634 g/mol. The van der Waals surface area contributed by atoms with Crippen molar-refractivity contribution in [3.05, 3.63) is 30.3 Å². The van der Waals surface area contributed by atoms with Crippen molar-refractivity contribution in [3.8, 4) is 0 Å². The molecule has 0 bridgehead atoms. The third kappa shape index (κ3) is 7.55. The molecule has 1 aliphatic heterocycles. The number of hydrogen-bond acceptors (Lipinski definition) is 7. The first-order valence-corrected chi connectivity index (χ1v) is 18.8. The van der Waals surface area contributed by atoms with Gasteiger partial charge < -0.3 is 26.6 Å². The summed E-state index contributed by atoms with van der Waals surface area (Å²) in [6, 6.07) is 4.54. The van der Waals surface area contributed by atoms with Crippen molar-refractivity contribution < 1.29 is 32.4 Å². The molecule has 1 saturated heterocycles. The van der Waals surface area contributed by atoms with Gasteiger partial charge in [-0.25, -0.2) is 13.2 Å². The smallest absolute Gasteiger partial charge is 0.315 e. The maximum absolute atomic E-state index is 14.4. The lowest BCUT2D eigenvalue weighted by atomic mass is 9.83. The Hall–Kier alpha value is -3.48. The molecule has 5 atom stereocenters. The summed E-state index contributed by atoms with van der Waals surface area (Å²) in [4.78, 5) is 68.2. The minimum absolute atomic E-state index is 0.0501. The molecule has 264 valence electrons. The maximum Gasteiger partial charge on any atom is 0.315 e. The SMILES string of the molecule is CC(C)(C)[C@H](NC(=O)NC1(CS(=O)(=O)c2ccccc2)CCCCC1)C(=O)N1C[C@H]2[C@@H]([C@H]1C(=O)NC(CC1CC1)C(=O)C(N)=O)C2(C)C. The van der Waals surface area contributed by atoms with E-state index in [1.807, 2.05) is 34.6 Å². The van der Waals surface area contributed by atoms with Crippen LogP contribution in [0, 0.1) is 28.6 Å². The van der Waals surface area contributed by atoms with Crippen LogP contribution in [-0.4, -0.2) is 78.8 Å². The molecule has 0 spiro atoms. The van der Waals surface area contributed by atoms with E-state index in [4.69, 9.17) is 5.73 Å². The highest BCUT2D eigenvalue weighted by atomic mass is 32.2. The van der Waals surface area contributed by atoms with Crippen molar-refractivity contribution in [1.29, 1.82) is 0 Å². The fourth-order valence-corrected chi connectivity index (χ4v) is 9.82. The van der Waals surface area contributed by atoms with Gasteiger partial charge in [-0.1, -0.05) is 84.9 Å². The standard InChI is InChI=1S/C35H51N5O7S/c1-33(2,3)28(38-32(45)39-35(16-10-7-11-17-35)20-48(46,47)22-12-8-6-9-13-22)31(44)40-19-23-25(34(23,4)5)26(40)30(43)37-24(18-21-14-15-21)27(41)29(36)42/h6,8-9,12-13,21,23-26,28H,7,10-11,14-20H2,1-5H3,(H2,36,42)(H,37,43)(H2,38,39,45)/t23-,24?,25-,26-,28+/m0/s1. The molecule has 1 aromatic rings. The van der Waals surface area contributed by atoms with Crippen LogP contribution < -0.4 is 21.7 Å². The number of carbonyl (C=O) groups is 5. The van der Waals surface area contributed by atoms with Crippen LogP contribution in [0.1, 0.15) is 86.0 Å². The summed E-state index contributed by atoms with van der Waals surface area (Å²) in [6.45, 7) is 9.85. The molecule has 3 saturated carbocycles. The number of nitrogens with two attached hydrogens (primary N) is 1. The lowest BCUT2D eigenvalue weighted by Crippen LogP contribution is -2.63. The number of fused-ring (bicyclic) bond motifs is 1. The molecule has 12 nitrogen and oxygen atoms in total. The second-order valence-electron chi connectivity index (χ2n) is 16.2. The Morgan fingerprint density at radius 1 is 0.979 bits per heavy atom. The fraction of sp³-hybridized carbons (Fsp3) is 0.686. The number of carbonyl (C=O) groups excluding carboxylic acids is 5. The molecule has 5 N–H and O–H groups in total. The molecule has 48 heavy (non-hydrogen) atoms. The van der Waals surface area contributed by atoms with Crippen LogP contribution in [0.3, 0.4) is 0 Å². The van der Waals surface area contributed by atoms with E-state index in [0.29, 0.717) is 25.8 Å². The minimum Gasteiger partial charge on any atom is -0.363 e. The zero-order valence-electron chi connectivity index (χ0n) is 28.7. The first-order valence-electron chi connectivity index (χ1n) is 17.2. The number of likely N-dealkylation sites (tertiary alicyclic amines) is 1. The first-order chi connectivity index (χ1) is 22.4. The van der Waals surface area contributed by atoms with Crippen LogP contribution in [0.15, 0.2) is 35.2 Å². The predicted octanol–water partition coefficient (Wildman–Crippen LogP) is 2.70. The molecular formula is C35H51N5O7S. The van der Waals surface area contributed by atoms with Gasteiger partial charge in [-0.2, -0.15) is 0 Å². The second kappa shape index (κ2) is 13.1. The minimum atomic E-state index is -3.72. The number of Topliss-reactive ketones (excluding diaryl/α,β-unsaturated/α-hetero) is 1. The predicted molar refractivity (Wildman–Crippen MR) is 179 cm³/mol. The van der Waals surface area contributed by atoms with E-state index in [1.165, 1.54) is 4.90 Å². The van der Waals surface area contributed by atoms with E-state index >= 15 is 0 Å². The zero-order valence-corrected chi connectivity index (χ0v) is 29.5. The number of hydrogen-bond donors (Lipinski definition) is 4. The number of piperidine rings is 1. The summed E-state index contributed by atoms with van der Waals surface area (Å²) >= 11 is 0. The van der Waals surface area contributed by atoms with Crippen molar-refractivity contribution in [3.63, 3.8) is 0 Å². The zero-order chi connectivity index (χ0) is 35.2. The van der Waals surface area contributed by atoms with Gasteiger partial charge in [-0.3, -0.25) is 19.2 Å². The summed E-state index contributed by atoms with van der Waals surface area (Å²) in [5.74, 6) is -3.04. The largest absolute Gasteiger partial charge is 0.363 e. The Bertz CT molecular complexity index is 1540. The van der Waals surface area contributed by atoms with E-state index in [1.54, 1.807) is 30.3 Å². The van der Waals surface area contributed by atoms with E-state index in [0.717, 1.165) is 32.1 Å². The number of urea groups is 1. The number of nitrogens with zero attached hydrogens (tertiary/aromatic N) is 1. The number of primary amides is 1. The third-order valence-electron chi connectivity index (χ3n) is 11.0. The van der Waals surface area contributed by atoms with Crippen LogP contribution >= 0.6 is 0 Å². The fourth-order valence-electron chi connectivity index (χ4n) is 7.99. The summed E-state index contributed by atoms with van der Waals surface area (Å²) in [7, 11) is -3.72. The van der Waals surface area contributed by atoms with Crippen molar-refractivity contribution >= 4 is 39.4 Å². The first kappa shape index (κ1) is 35.8. The normalized spacial score (nSPS) is 25.6. The topological polar surface area (TPSA) is 185 Å². The van der Waals surface area contributed by atoms with Crippen LogP contribution in [0.4, 0.5) is 4.79 Å². The maximum atomic E-state index is 14.4. The van der Waals surface area contributed by atoms with Gasteiger partial charge in [0.15, 0.2) is 9.84 Å². The number of sulfone groups is 1. The Morgan fingerprint density at radius 2 is 1.60 bits per heavy atom. The Balaban J connectivity index is 1.35. The summed E-state index contributed by atoms with van der Waals surface area (Å²) in [6.07, 6.45) is 5.56. The summed E-state index contributed by atoms with van der Waals surface area (Å²) in [5, 5.41) is 8.61. The molecule has 5 amide bonds. The highest BCUT2D eigenvalue weighted by molar-refractivity contribution is 7.91. The van der Waals surface area contributed by atoms with Gasteiger partial charge >= 0.3 is 6.03 Å². The number of nitrogens with one attached hydrogen (secondary N) is 3. The van der Waals surface area contributed by atoms with E-state index in [2.05, 4.69) is 16.0 Å². The van der Waals surface area contributed by atoms with Crippen LogP contribution in [0.2, 0.25) is 0 Å². The monoisotopic (exact) mass is 685 g/mol. The number of amides is 5. The van der Waals surface area contributed by atoms with Gasteiger partial charge in [-0.15, -0.1) is 0 Å². The second-order valence-corrected chi connectivity index (χ2v) is 18.2. The summed E-state index contributed by atoms with van der Waals surface area (Å²) < 4.78 is 26.9. The van der Waals surface area contributed by atoms with Crippen molar-refractivity contribution in [2.24, 2.45) is 34.3 Å². The van der Waals surface area contributed by atoms with Crippen LogP contribution in [0.5, 0.6) is 0 Å². The van der Waals surface area contributed by atoms with Gasteiger partial charge in [0, 0.05) is 6.54 Å². The third-order valence-corrected chi connectivity index (χ3v) is 13.0. The van der Waals surface area contributed by atoms with Crippen LogP contribution in [-0.2, 0) is 29.0 Å². The number of benzene rings is 1. The van der Waals surface area contributed by atoms with E-state index < -0.39 is 68.5 Å². The Morgan fingerprint density at radius 3 is 2.17 bits per heavy atom. The molecule has 3 aliphatic carbocycles. The lowest BCUT2D eigenvalue weighted by Gasteiger charge is -2.40. The Kier molecular flexibility index (Phi) is 9.77. The molecule has 1 aromatic carbocycles. The number of rotatable bonds is 12. The average molecular weight is 686 g/mol. The highest BCUT2D eigenvalue weighted by Gasteiger charge is 2.70. The van der Waals surface area contributed by atoms with Crippen molar-refractivity contribution in [1.82, 2.24) is 20.9 Å². The molecule has 13 heteroatoms. The quantitative estimate of drug-likeness (QED) is 0.244. The molecule has 4 aliphatic rings. The summed E-state index contributed by atoms with van der Waals surface area (Å²) in [5.41, 5.74) is 3.32. The lowest BCUT2D eigenvalue weighted by molar-refractivity contribution is -0.145. The highest BCUT2D eigenvalue weighted by Crippen LogP contribution is 2.65. The molecule has 4 fully saturated rings. The van der Waals surface area contributed by atoms with Crippen molar-refractivity contribution in [2.45, 2.75) is 115 Å². The van der Waals surface area contributed by atoms with Gasteiger partial charge in [-0.05, 0) is 60.0 Å². The van der Waals surface area contributed by atoms with Crippen LogP contribution in [0.25, 0.3) is 0 Å². The van der Waals surface area contributed by atoms with Gasteiger partial charge in [0.2, 0.25) is 17.6 Å². The van der Waals surface area contributed by atoms with E-state index in [9.17, 15) is 32.4 Å². The molecule has 0 aromatic heterocycles. The van der Waals surface area contributed by atoms with E-state index in [-0.39, 0.29) is 33.8 Å². The average Bonchev–Trinajstić information content (AvgIpc) is 3.86. The number of ketones is 1. The molecule has 1 unspecified atom stereocenters. The van der Waals surface area contributed by atoms with Crippen molar-refractivity contribution in [2.75, 3.05) is 12.3 Å². The molecule has 5 rings (SSSR count). The Labute approximate surface area is 283 Å². The van der Waals surface area contributed by atoms with Gasteiger partial charge in [0.25, 0.3) is 5.91 Å². The van der Waals surface area contributed by atoms with Gasteiger partial charge in [0.1, 0.15) is 12.1 Å². The van der Waals surface area contributed by atoms with Gasteiger partial charge in [0.05, 0.1) is 22.2 Å². The molecule has 1 heterocycles.